The molecule has 7 heteroatoms. The Kier molecular flexibility index (Phi) is 4.47. The molecule has 1 amide bonds. The number of carbonyl (C=O) groups excluding carboxylic acids is 1. The van der Waals surface area contributed by atoms with Gasteiger partial charge in [-0.2, -0.15) is 0 Å². The highest BCUT2D eigenvalue weighted by Gasteiger charge is 2.11. The van der Waals surface area contributed by atoms with Gasteiger partial charge in [-0.25, -0.2) is 9.78 Å². The fourth-order valence-corrected chi connectivity index (χ4v) is 2.81. The van der Waals surface area contributed by atoms with Gasteiger partial charge in [0, 0.05) is 29.4 Å². The Hall–Kier alpha value is -4.13. The highest BCUT2D eigenvalue weighted by atomic mass is 16.5. The smallest absolute Gasteiger partial charge is 0.354 e. The molecule has 2 aromatic heterocycles. The second-order valence-corrected chi connectivity index (χ2v) is 6.01. The maximum atomic E-state index is 12.7. The number of nitrogens with one attached hydrogen (secondary N) is 2. The second-order valence-electron chi connectivity index (χ2n) is 6.01. The van der Waals surface area contributed by atoms with Crippen LogP contribution in [0.15, 0.2) is 73.1 Å². The van der Waals surface area contributed by atoms with E-state index in [2.05, 4.69) is 15.3 Å². The van der Waals surface area contributed by atoms with Crippen molar-refractivity contribution in [2.45, 2.75) is 0 Å². The maximum Gasteiger partial charge on any atom is 0.354 e. The van der Waals surface area contributed by atoms with Crippen LogP contribution in [0.25, 0.3) is 10.9 Å². The van der Waals surface area contributed by atoms with Crippen LogP contribution in [0.5, 0.6) is 11.5 Å². The van der Waals surface area contributed by atoms with Crippen LogP contribution in [0.3, 0.4) is 0 Å². The summed E-state index contributed by atoms with van der Waals surface area (Å²) < 4.78 is 5.68. The minimum Gasteiger partial charge on any atom is -0.477 e. The number of fused-ring (bicyclic) bond motifs is 1. The molecular formula is C21H15N3O4. The van der Waals surface area contributed by atoms with Crippen LogP contribution in [-0.4, -0.2) is 27.0 Å². The molecule has 0 aliphatic rings. The van der Waals surface area contributed by atoms with Gasteiger partial charge in [0.2, 0.25) is 0 Å². The number of aromatic nitrogens is 2. The summed E-state index contributed by atoms with van der Waals surface area (Å²) in [5, 5.41) is 12.9. The van der Waals surface area contributed by atoms with Crippen LogP contribution in [0.1, 0.15) is 20.8 Å². The first-order valence-corrected chi connectivity index (χ1v) is 8.45. The van der Waals surface area contributed by atoms with E-state index < -0.39 is 5.97 Å². The number of ether oxygens (including phenoxy) is 1. The molecule has 0 saturated heterocycles. The number of aromatic amines is 1. The Labute approximate surface area is 159 Å². The van der Waals surface area contributed by atoms with Gasteiger partial charge in [-0.1, -0.05) is 18.2 Å². The number of hydrogen-bond donors (Lipinski definition) is 3. The lowest BCUT2D eigenvalue weighted by Crippen LogP contribution is -2.12. The van der Waals surface area contributed by atoms with Crippen molar-refractivity contribution in [3.63, 3.8) is 0 Å². The monoisotopic (exact) mass is 373 g/mol. The second kappa shape index (κ2) is 7.24. The van der Waals surface area contributed by atoms with Crippen LogP contribution in [-0.2, 0) is 0 Å². The van der Waals surface area contributed by atoms with Gasteiger partial charge in [0.25, 0.3) is 5.91 Å². The highest BCUT2D eigenvalue weighted by Crippen LogP contribution is 2.25. The van der Waals surface area contributed by atoms with Crippen LogP contribution >= 0.6 is 0 Å². The fraction of sp³-hybridized carbons (Fsp3) is 0. The molecule has 3 N–H and O–H groups in total. The SMILES string of the molecule is O=C(Nc1cccc2cc[nH]c12)c1cccc(Oc2ccnc(C(=O)O)c2)c1. The zero-order valence-electron chi connectivity index (χ0n) is 14.5. The van der Waals surface area contributed by atoms with E-state index >= 15 is 0 Å². The molecule has 4 aromatic rings. The summed E-state index contributed by atoms with van der Waals surface area (Å²) in [6, 6.07) is 17.1. The summed E-state index contributed by atoms with van der Waals surface area (Å²) in [5.41, 5.74) is 1.82. The van der Waals surface area contributed by atoms with Crippen LogP contribution in [0.4, 0.5) is 5.69 Å². The molecule has 28 heavy (non-hydrogen) atoms. The van der Waals surface area contributed by atoms with E-state index in [-0.39, 0.29) is 11.6 Å². The van der Waals surface area contributed by atoms with Gasteiger partial charge in [0.1, 0.15) is 11.5 Å². The molecule has 7 nitrogen and oxygen atoms in total. The molecule has 0 unspecified atom stereocenters. The lowest BCUT2D eigenvalue weighted by molar-refractivity contribution is 0.0690. The minimum absolute atomic E-state index is 0.120. The van der Waals surface area contributed by atoms with Crippen molar-refractivity contribution >= 4 is 28.5 Å². The van der Waals surface area contributed by atoms with Crippen molar-refractivity contribution in [2.24, 2.45) is 0 Å². The molecule has 4 rings (SSSR count). The number of amides is 1. The summed E-state index contributed by atoms with van der Waals surface area (Å²) in [5.74, 6) is -0.694. The number of benzene rings is 2. The Morgan fingerprint density at radius 1 is 1.00 bits per heavy atom. The largest absolute Gasteiger partial charge is 0.477 e. The number of hydrogen-bond acceptors (Lipinski definition) is 4. The van der Waals surface area contributed by atoms with E-state index in [0.717, 1.165) is 10.9 Å². The van der Waals surface area contributed by atoms with Gasteiger partial charge in [-0.15, -0.1) is 0 Å². The van der Waals surface area contributed by atoms with E-state index in [4.69, 9.17) is 9.84 Å². The first-order chi connectivity index (χ1) is 13.6. The zero-order chi connectivity index (χ0) is 19.5. The normalized spacial score (nSPS) is 10.6. The predicted molar refractivity (Wildman–Crippen MR) is 104 cm³/mol. The molecular weight excluding hydrogens is 358 g/mol. The number of carbonyl (C=O) groups is 2. The van der Waals surface area contributed by atoms with Crippen molar-refractivity contribution < 1.29 is 19.4 Å². The van der Waals surface area contributed by atoms with Crippen LogP contribution in [0.2, 0.25) is 0 Å². The van der Waals surface area contributed by atoms with Crippen molar-refractivity contribution in [3.8, 4) is 11.5 Å². The summed E-state index contributed by atoms with van der Waals surface area (Å²) in [6.45, 7) is 0. The van der Waals surface area contributed by atoms with Crippen LogP contribution < -0.4 is 10.1 Å². The highest BCUT2D eigenvalue weighted by molar-refractivity contribution is 6.08. The average molecular weight is 373 g/mol. The van der Waals surface area contributed by atoms with Gasteiger partial charge in [-0.05, 0) is 36.4 Å². The minimum atomic E-state index is -1.14. The average Bonchev–Trinajstić information content (AvgIpc) is 3.18. The number of carboxylic acid groups (broad SMARTS) is 1. The number of aromatic carboxylic acids is 1. The van der Waals surface area contributed by atoms with Crippen molar-refractivity contribution in [3.05, 3.63) is 84.3 Å². The van der Waals surface area contributed by atoms with E-state index in [1.165, 1.54) is 12.3 Å². The van der Waals surface area contributed by atoms with Crippen molar-refractivity contribution in [1.82, 2.24) is 9.97 Å². The molecule has 0 saturated carbocycles. The third kappa shape index (κ3) is 3.54. The van der Waals surface area contributed by atoms with Gasteiger partial charge >= 0.3 is 5.97 Å². The number of H-pyrrole nitrogens is 1. The number of carboxylic acids is 1. The van der Waals surface area contributed by atoms with Gasteiger partial charge in [-0.3, -0.25) is 4.79 Å². The Bertz CT molecular complexity index is 1180. The molecule has 0 aliphatic heterocycles. The summed E-state index contributed by atoms with van der Waals surface area (Å²) in [4.78, 5) is 30.5. The molecule has 138 valence electrons. The summed E-state index contributed by atoms with van der Waals surface area (Å²) in [6.07, 6.45) is 3.17. The van der Waals surface area contributed by atoms with Gasteiger partial charge in [0.05, 0.1) is 11.2 Å². The van der Waals surface area contributed by atoms with E-state index in [9.17, 15) is 9.59 Å². The Morgan fingerprint density at radius 3 is 2.68 bits per heavy atom. The first kappa shape index (κ1) is 17.3. The topological polar surface area (TPSA) is 104 Å². The first-order valence-electron chi connectivity index (χ1n) is 8.45. The molecule has 0 bridgehead atoms. The number of para-hydroxylation sites is 1. The third-order valence-corrected chi connectivity index (χ3v) is 4.12. The Balaban J connectivity index is 1.55. The van der Waals surface area contributed by atoms with E-state index in [0.29, 0.717) is 22.7 Å². The number of nitrogens with zero attached hydrogens (tertiary/aromatic N) is 1. The number of rotatable bonds is 5. The zero-order valence-corrected chi connectivity index (χ0v) is 14.5. The van der Waals surface area contributed by atoms with Crippen molar-refractivity contribution in [2.75, 3.05) is 5.32 Å². The molecule has 2 heterocycles. The third-order valence-electron chi connectivity index (χ3n) is 4.12. The summed E-state index contributed by atoms with van der Waals surface area (Å²) >= 11 is 0. The standard InChI is InChI=1S/C21H15N3O4/c25-20(24-17-6-2-3-13-7-9-23-19(13)17)14-4-1-5-15(11-14)28-16-8-10-22-18(12-16)21(26)27/h1-12,23H,(H,24,25)(H,26,27). The lowest BCUT2D eigenvalue weighted by atomic mass is 10.2. The molecule has 0 atom stereocenters. The van der Waals surface area contributed by atoms with E-state index in [1.807, 2.05) is 30.5 Å². The summed E-state index contributed by atoms with van der Waals surface area (Å²) in [7, 11) is 0. The Morgan fingerprint density at radius 2 is 1.82 bits per heavy atom. The quantitative estimate of drug-likeness (QED) is 0.484. The maximum absolute atomic E-state index is 12.7. The van der Waals surface area contributed by atoms with Crippen LogP contribution in [0, 0.1) is 0 Å². The predicted octanol–water partition coefficient (Wildman–Crippen LogP) is 4.31. The molecule has 0 spiro atoms. The molecule has 0 fully saturated rings. The molecule has 2 aromatic carbocycles. The van der Waals surface area contributed by atoms with E-state index in [1.54, 1.807) is 30.3 Å². The fourth-order valence-electron chi connectivity index (χ4n) is 2.81. The molecule has 0 aliphatic carbocycles. The lowest BCUT2D eigenvalue weighted by Gasteiger charge is -2.09. The number of anilines is 1. The van der Waals surface area contributed by atoms with Gasteiger partial charge < -0.3 is 20.1 Å². The molecule has 0 radical (unpaired) electrons. The van der Waals surface area contributed by atoms with Gasteiger partial charge in [0.15, 0.2) is 5.69 Å². The van der Waals surface area contributed by atoms with Crippen molar-refractivity contribution in [1.29, 1.82) is 0 Å². The number of pyridine rings is 1.